The Hall–Kier alpha value is -2.13. The average Bonchev–Trinajstić information content (AvgIpc) is 2.51. The molecule has 1 heterocycles. The van der Waals surface area contributed by atoms with Crippen molar-refractivity contribution < 1.29 is 0 Å². The van der Waals surface area contributed by atoms with Crippen LogP contribution in [0.25, 0.3) is 5.57 Å². The van der Waals surface area contributed by atoms with Crippen LogP contribution < -0.4 is 5.32 Å². The van der Waals surface area contributed by atoms with Gasteiger partial charge in [-0.3, -0.25) is 0 Å². The summed E-state index contributed by atoms with van der Waals surface area (Å²) in [7, 11) is 1.97. The maximum Gasteiger partial charge on any atom is 0.173 e. The SMILES string of the molecule is CN1C=C(c2ccccc2)C(c2ccccc2)NC1=S. The van der Waals surface area contributed by atoms with E-state index in [1.165, 1.54) is 16.7 Å². The second kappa shape index (κ2) is 5.47. The molecule has 1 atom stereocenters. The van der Waals surface area contributed by atoms with E-state index in [0.29, 0.717) is 0 Å². The molecule has 1 unspecified atom stereocenters. The predicted molar refractivity (Wildman–Crippen MR) is 87.1 cm³/mol. The summed E-state index contributed by atoms with van der Waals surface area (Å²) in [5.74, 6) is 0. The quantitative estimate of drug-likeness (QED) is 0.846. The van der Waals surface area contributed by atoms with Gasteiger partial charge in [0.05, 0.1) is 6.04 Å². The second-order valence-electron chi connectivity index (χ2n) is 4.85. The van der Waals surface area contributed by atoms with Gasteiger partial charge in [-0.25, -0.2) is 0 Å². The minimum Gasteiger partial charge on any atom is -0.351 e. The highest BCUT2D eigenvalue weighted by Gasteiger charge is 2.24. The molecule has 1 aliphatic heterocycles. The molecule has 0 aliphatic carbocycles. The molecule has 20 heavy (non-hydrogen) atoms. The summed E-state index contributed by atoms with van der Waals surface area (Å²) in [6.45, 7) is 0. The van der Waals surface area contributed by atoms with Gasteiger partial charge >= 0.3 is 0 Å². The highest BCUT2D eigenvalue weighted by atomic mass is 32.1. The van der Waals surface area contributed by atoms with Crippen LogP contribution in [0.2, 0.25) is 0 Å². The van der Waals surface area contributed by atoms with Gasteiger partial charge in [0, 0.05) is 18.8 Å². The van der Waals surface area contributed by atoms with Crippen LogP contribution in [0.3, 0.4) is 0 Å². The van der Waals surface area contributed by atoms with Crippen LogP contribution in [-0.4, -0.2) is 17.1 Å². The molecule has 0 bridgehead atoms. The first-order chi connectivity index (χ1) is 9.75. The Balaban J connectivity index is 2.07. The zero-order valence-corrected chi connectivity index (χ0v) is 12.1. The molecule has 2 aromatic rings. The average molecular weight is 280 g/mol. The van der Waals surface area contributed by atoms with Gasteiger partial charge in [0.15, 0.2) is 5.11 Å². The molecule has 0 radical (unpaired) electrons. The van der Waals surface area contributed by atoms with Crippen LogP contribution in [-0.2, 0) is 0 Å². The summed E-state index contributed by atoms with van der Waals surface area (Å²) in [6.07, 6.45) is 2.12. The van der Waals surface area contributed by atoms with Gasteiger partial charge in [-0.15, -0.1) is 0 Å². The van der Waals surface area contributed by atoms with Crippen LogP contribution in [0.1, 0.15) is 17.2 Å². The third-order valence-electron chi connectivity index (χ3n) is 3.47. The number of thiocarbonyl (C=S) groups is 1. The van der Waals surface area contributed by atoms with Crippen molar-refractivity contribution in [2.45, 2.75) is 6.04 Å². The minimum atomic E-state index is 0.0994. The summed E-state index contributed by atoms with van der Waals surface area (Å²) in [6, 6.07) is 20.9. The third kappa shape index (κ3) is 2.45. The monoisotopic (exact) mass is 280 g/mol. The standard InChI is InChI=1S/C17H16N2S/c1-19-12-15(13-8-4-2-5-9-13)16(18-17(19)20)14-10-6-3-7-11-14/h2-12,16H,1H3,(H,18,20). The number of hydrogen-bond donors (Lipinski definition) is 1. The smallest absolute Gasteiger partial charge is 0.173 e. The van der Waals surface area contributed by atoms with E-state index in [4.69, 9.17) is 12.2 Å². The first kappa shape index (κ1) is 12.9. The van der Waals surface area contributed by atoms with Gasteiger partial charge < -0.3 is 10.2 Å². The molecule has 0 spiro atoms. The Morgan fingerprint density at radius 1 is 0.950 bits per heavy atom. The number of nitrogens with one attached hydrogen (secondary N) is 1. The van der Waals surface area contributed by atoms with Gasteiger partial charge in [0.2, 0.25) is 0 Å². The normalized spacial score (nSPS) is 18.4. The van der Waals surface area contributed by atoms with Crippen LogP contribution in [0.4, 0.5) is 0 Å². The molecular formula is C17H16N2S. The third-order valence-corrected chi connectivity index (χ3v) is 3.88. The highest BCUT2D eigenvalue weighted by molar-refractivity contribution is 7.80. The summed E-state index contributed by atoms with van der Waals surface area (Å²) in [5.41, 5.74) is 3.66. The fourth-order valence-corrected chi connectivity index (χ4v) is 2.60. The zero-order valence-electron chi connectivity index (χ0n) is 11.3. The van der Waals surface area contributed by atoms with Crippen molar-refractivity contribution in [2.75, 3.05) is 7.05 Å². The van der Waals surface area contributed by atoms with E-state index >= 15 is 0 Å². The summed E-state index contributed by atoms with van der Waals surface area (Å²) in [4.78, 5) is 1.96. The van der Waals surface area contributed by atoms with Crippen molar-refractivity contribution in [3.05, 3.63) is 78.0 Å². The van der Waals surface area contributed by atoms with Crippen molar-refractivity contribution in [3.63, 3.8) is 0 Å². The van der Waals surface area contributed by atoms with Crippen molar-refractivity contribution in [1.29, 1.82) is 0 Å². The van der Waals surface area contributed by atoms with E-state index in [0.717, 1.165) is 5.11 Å². The summed E-state index contributed by atoms with van der Waals surface area (Å²) in [5, 5.41) is 4.17. The molecule has 0 aromatic heterocycles. The van der Waals surface area contributed by atoms with Crippen molar-refractivity contribution in [3.8, 4) is 0 Å². The number of nitrogens with zero attached hydrogens (tertiary/aromatic N) is 1. The Morgan fingerprint density at radius 3 is 2.20 bits per heavy atom. The fourth-order valence-electron chi connectivity index (χ4n) is 2.43. The molecule has 0 saturated heterocycles. The molecule has 1 aliphatic rings. The first-order valence-electron chi connectivity index (χ1n) is 6.61. The number of hydrogen-bond acceptors (Lipinski definition) is 1. The van der Waals surface area contributed by atoms with E-state index in [1.54, 1.807) is 0 Å². The number of rotatable bonds is 2. The van der Waals surface area contributed by atoms with Crippen molar-refractivity contribution in [1.82, 2.24) is 10.2 Å². The van der Waals surface area contributed by atoms with E-state index in [2.05, 4.69) is 60.0 Å². The highest BCUT2D eigenvalue weighted by Crippen LogP contribution is 2.32. The van der Waals surface area contributed by atoms with E-state index < -0.39 is 0 Å². The molecule has 0 fully saturated rings. The van der Waals surface area contributed by atoms with Gasteiger partial charge in [0.1, 0.15) is 0 Å². The zero-order chi connectivity index (χ0) is 13.9. The van der Waals surface area contributed by atoms with Crippen LogP contribution >= 0.6 is 12.2 Å². The van der Waals surface area contributed by atoms with Crippen LogP contribution in [0, 0.1) is 0 Å². The summed E-state index contributed by atoms with van der Waals surface area (Å²) >= 11 is 5.38. The lowest BCUT2D eigenvalue weighted by molar-refractivity contribution is 0.608. The fraction of sp³-hybridized carbons (Fsp3) is 0.118. The maximum absolute atomic E-state index is 5.38. The van der Waals surface area contributed by atoms with E-state index in [9.17, 15) is 0 Å². The van der Waals surface area contributed by atoms with Crippen LogP contribution in [0.15, 0.2) is 66.9 Å². The molecule has 0 saturated carbocycles. The van der Waals surface area contributed by atoms with Gasteiger partial charge in [-0.05, 0) is 23.3 Å². The van der Waals surface area contributed by atoms with Crippen molar-refractivity contribution >= 4 is 22.9 Å². The molecule has 100 valence electrons. The van der Waals surface area contributed by atoms with Crippen molar-refractivity contribution in [2.24, 2.45) is 0 Å². The topological polar surface area (TPSA) is 15.3 Å². The number of benzene rings is 2. The van der Waals surface area contributed by atoms with E-state index in [1.807, 2.05) is 24.1 Å². The van der Waals surface area contributed by atoms with Gasteiger partial charge in [0.25, 0.3) is 0 Å². The molecule has 2 aromatic carbocycles. The van der Waals surface area contributed by atoms with Gasteiger partial charge in [-0.1, -0.05) is 60.7 Å². The van der Waals surface area contributed by atoms with Crippen LogP contribution in [0.5, 0.6) is 0 Å². The lowest BCUT2D eigenvalue weighted by atomic mass is 9.92. The largest absolute Gasteiger partial charge is 0.351 e. The molecular weight excluding hydrogens is 264 g/mol. The molecule has 3 heteroatoms. The Labute approximate surface area is 124 Å². The summed E-state index contributed by atoms with van der Waals surface area (Å²) < 4.78 is 0. The Bertz CT molecular complexity index is 635. The minimum absolute atomic E-state index is 0.0994. The van der Waals surface area contributed by atoms with E-state index in [-0.39, 0.29) is 6.04 Å². The predicted octanol–water partition coefficient (Wildman–Crippen LogP) is 3.59. The van der Waals surface area contributed by atoms with Gasteiger partial charge in [-0.2, -0.15) is 0 Å². The molecule has 0 amide bonds. The molecule has 1 N–H and O–H groups in total. The Kier molecular flexibility index (Phi) is 3.52. The molecule has 3 rings (SSSR count). The second-order valence-corrected chi connectivity index (χ2v) is 5.24. The lowest BCUT2D eigenvalue weighted by Gasteiger charge is -2.33. The molecule has 2 nitrogen and oxygen atoms in total. The Morgan fingerprint density at radius 2 is 1.55 bits per heavy atom. The maximum atomic E-state index is 5.38. The first-order valence-corrected chi connectivity index (χ1v) is 7.02. The lowest BCUT2D eigenvalue weighted by Crippen LogP contribution is -2.41.